The van der Waals surface area contributed by atoms with E-state index in [9.17, 15) is 17.8 Å². The Morgan fingerprint density at radius 3 is 1.89 bits per heavy atom. The summed E-state index contributed by atoms with van der Waals surface area (Å²) in [6, 6.07) is 0. The summed E-state index contributed by atoms with van der Waals surface area (Å²) in [6.07, 6.45) is 1.01. The molecule has 108 valence electrons. The highest BCUT2D eigenvalue weighted by molar-refractivity contribution is 7.85. The summed E-state index contributed by atoms with van der Waals surface area (Å²) in [6.45, 7) is 6.10. The number of hydrogen-bond donors (Lipinski definition) is 1. The summed E-state index contributed by atoms with van der Waals surface area (Å²) < 4.78 is 32.2. The number of carbonyl (C=O) groups is 1. The quantitative estimate of drug-likeness (QED) is 0.444. The summed E-state index contributed by atoms with van der Waals surface area (Å²) in [7, 11) is 4.17. The number of hydrogen-bond acceptors (Lipinski definition) is 4. The second-order valence-corrected chi connectivity index (χ2v) is 7.37. The summed E-state index contributed by atoms with van der Waals surface area (Å²) in [5.41, 5.74) is -1.06. The third-order valence-electron chi connectivity index (χ3n) is 1.18. The van der Waals surface area contributed by atoms with E-state index in [2.05, 4.69) is 40.1 Å². The van der Waals surface area contributed by atoms with Gasteiger partial charge in [0, 0.05) is 5.54 Å². The maximum absolute atomic E-state index is 10.8. The number of nitrogens with zero attached hydrogens (tertiary/aromatic N) is 1. The molecule has 0 aromatic heterocycles. The fourth-order valence-electron chi connectivity index (χ4n) is 0.863. The van der Waals surface area contributed by atoms with Gasteiger partial charge in [0.05, 0.1) is 44.1 Å². The highest BCUT2D eigenvalue weighted by Gasteiger charge is 2.21. The van der Waals surface area contributed by atoms with Gasteiger partial charge in [-0.25, -0.2) is 8.42 Å². The van der Waals surface area contributed by atoms with Crippen molar-refractivity contribution < 1.29 is 22.2 Å². The first kappa shape index (κ1) is 19.4. The lowest BCUT2D eigenvalue weighted by Crippen LogP contribution is -2.47. The van der Waals surface area contributed by atoms with E-state index in [1.165, 1.54) is 13.8 Å². The third kappa shape index (κ3) is 20.5. The topological polar surface area (TPSA) is 86.3 Å². The standard InChI is InChI=1S/C7H13NO4S.C4H12N/c1-4-6(9)8-7(2,3)5-13(10,11)12;1-5(2,3)4/h4H,1,5H2,2-3H3,(H,8,9)(H,10,11,12);1-4H3/q;+1/p-1. The molecule has 1 amide bonds. The molecule has 1 N–H and O–H groups in total. The van der Waals surface area contributed by atoms with Crippen molar-refractivity contribution in [1.82, 2.24) is 5.32 Å². The molecule has 0 aliphatic carbocycles. The van der Waals surface area contributed by atoms with Crippen LogP contribution in [0.15, 0.2) is 12.7 Å². The number of quaternary nitrogens is 1. The molecule has 0 heterocycles. The van der Waals surface area contributed by atoms with Crippen LogP contribution in [0.2, 0.25) is 0 Å². The van der Waals surface area contributed by atoms with Crippen LogP contribution in [0.5, 0.6) is 0 Å². The largest absolute Gasteiger partial charge is 0.748 e. The van der Waals surface area contributed by atoms with Crippen molar-refractivity contribution >= 4 is 16.0 Å². The number of carbonyl (C=O) groups excluding carboxylic acids is 1. The molecule has 0 saturated heterocycles. The zero-order valence-corrected chi connectivity index (χ0v) is 12.8. The van der Waals surface area contributed by atoms with Gasteiger partial charge in [0.2, 0.25) is 5.91 Å². The molecule has 0 rings (SSSR count). The van der Waals surface area contributed by atoms with Crippen molar-refractivity contribution in [1.29, 1.82) is 0 Å². The Morgan fingerprint density at radius 1 is 1.33 bits per heavy atom. The fraction of sp³-hybridized carbons (Fsp3) is 0.727. The van der Waals surface area contributed by atoms with Crippen molar-refractivity contribution in [3.63, 3.8) is 0 Å². The van der Waals surface area contributed by atoms with Gasteiger partial charge >= 0.3 is 0 Å². The van der Waals surface area contributed by atoms with Crippen molar-refractivity contribution in [2.24, 2.45) is 0 Å². The number of amides is 1. The molecule has 0 aliphatic heterocycles. The minimum absolute atomic E-state index is 0.506. The SMILES string of the molecule is C=CC(=O)NC(C)(C)CS(=O)(=O)[O-].C[N+](C)(C)C. The molecule has 0 aliphatic rings. The van der Waals surface area contributed by atoms with E-state index >= 15 is 0 Å². The Hall–Kier alpha value is -0.920. The number of nitrogens with one attached hydrogen (secondary N) is 1. The third-order valence-corrected chi connectivity index (χ3v) is 2.26. The molecule has 6 nitrogen and oxygen atoms in total. The Labute approximate surface area is 110 Å². The Balaban J connectivity index is 0. The molecule has 0 spiro atoms. The molecule has 0 atom stereocenters. The lowest BCUT2D eigenvalue weighted by molar-refractivity contribution is -0.849. The van der Waals surface area contributed by atoms with Crippen LogP contribution in [0.4, 0.5) is 0 Å². The lowest BCUT2D eigenvalue weighted by Gasteiger charge is -2.26. The maximum Gasteiger partial charge on any atom is 0.243 e. The Morgan fingerprint density at radius 2 is 1.67 bits per heavy atom. The molecule has 0 aromatic carbocycles. The van der Waals surface area contributed by atoms with E-state index in [-0.39, 0.29) is 0 Å². The molecule has 0 bridgehead atoms. The van der Waals surface area contributed by atoms with Gasteiger partial charge in [-0.15, -0.1) is 0 Å². The molecule has 0 unspecified atom stereocenters. The predicted molar refractivity (Wildman–Crippen MR) is 70.9 cm³/mol. The van der Waals surface area contributed by atoms with Gasteiger partial charge in [0.15, 0.2) is 0 Å². The van der Waals surface area contributed by atoms with Crippen LogP contribution in [-0.4, -0.2) is 62.8 Å². The van der Waals surface area contributed by atoms with E-state index in [1.807, 2.05) is 0 Å². The van der Waals surface area contributed by atoms with Gasteiger partial charge in [-0.05, 0) is 19.9 Å². The van der Waals surface area contributed by atoms with Gasteiger partial charge in [0.1, 0.15) is 0 Å². The van der Waals surface area contributed by atoms with Gasteiger partial charge in [0.25, 0.3) is 0 Å². The van der Waals surface area contributed by atoms with Gasteiger partial charge in [-0.2, -0.15) is 0 Å². The van der Waals surface area contributed by atoms with Crippen LogP contribution in [0.1, 0.15) is 13.8 Å². The second kappa shape index (κ2) is 6.86. The molecule has 0 fully saturated rings. The van der Waals surface area contributed by atoms with E-state index < -0.39 is 27.3 Å². The van der Waals surface area contributed by atoms with E-state index in [4.69, 9.17) is 0 Å². The van der Waals surface area contributed by atoms with Gasteiger partial charge < -0.3 is 14.4 Å². The minimum Gasteiger partial charge on any atom is -0.748 e. The number of rotatable bonds is 4. The summed E-state index contributed by atoms with van der Waals surface area (Å²) in [4.78, 5) is 10.8. The first-order valence-electron chi connectivity index (χ1n) is 5.33. The Bertz CT molecular complexity index is 374. The molecule has 18 heavy (non-hydrogen) atoms. The first-order valence-corrected chi connectivity index (χ1v) is 6.91. The summed E-state index contributed by atoms with van der Waals surface area (Å²) >= 11 is 0. The zero-order chi connectivity index (χ0) is 15.2. The lowest BCUT2D eigenvalue weighted by atomic mass is 10.1. The average Bonchev–Trinajstić information content (AvgIpc) is 1.94. The molecular formula is C11H24N2O4S. The Kier molecular flexibility index (Phi) is 7.41. The monoisotopic (exact) mass is 280 g/mol. The highest BCUT2D eigenvalue weighted by atomic mass is 32.2. The predicted octanol–water partition coefficient (Wildman–Crippen LogP) is -0.0652. The van der Waals surface area contributed by atoms with Crippen LogP contribution < -0.4 is 5.32 Å². The molecule has 7 heteroatoms. The van der Waals surface area contributed by atoms with E-state index in [1.54, 1.807) is 0 Å². The molecular weight excluding hydrogens is 256 g/mol. The average molecular weight is 280 g/mol. The summed E-state index contributed by atoms with van der Waals surface area (Å²) in [5, 5.41) is 2.33. The van der Waals surface area contributed by atoms with Crippen LogP contribution in [0.25, 0.3) is 0 Å². The van der Waals surface area contributed by atoms with Crippen molar-refractivity contribution in [3.05, 3.63) is 12.7 Å². The fourth-order valence-corrected chi connectivity index (χ4v) is 1.82. The van der Waals surface area contributed by atoms with Crippen molar-refractivity contribution in [2.45, 2.75) is 19.4 Å². The normalized spacial score (nSPS) is 12.2. The maximum atomic E-state index is 10.8. The van der Waals surface area contributed by atoms with Crippen LogP contribution in [0, 0.1) is 0 Å². The molecule has 0 aromatic rings. The van der Waals surface area contributed by atoms with Crippen LogP contribution >= 0.6 is 0 Å². The van der Waals surface area contributed by atoms with E-state index in [0.717, 1.165) is 10.6 Å². The van der Waals surface area contributed by atoms with Gasteiger partial charge in [-0.1, -0.05) is 6.58 Å². The van der Waals surface area contributed by atoms with E-state index in [0.29, 0.717) is 0 Å². The van der Waals surface area contributed by atoms with Crippen molar-refractivity contribution in [2.75, 3.05) is 33.9 Å². The minimum atomic E-state index is -4.33. The summed E-state index contributed by atoms with van der Waals surface area (Å²) in [5.74, 6) is -1.15. The van der Waals surface area contributed by atoms with Crippen LogP contribution in [0.3, 0.4) is 0 Å². The highest BCUT2D eigenvalue weighted by Crippen LogP contribution is 2.05. The first-order chi connectivity index (χ1) is 7.66. The zero-order valence-electron chi connectivity index (χ0n) is 12.0. The smallest absolute Gasteiger partial charge is 0.243 e. The molecule has 0 saturated carbocycles. The molecule has 0 radical (unpaired) electrons. The van der Waals surface area contributed by atoms with Gasteiger partial charge in [-0.3, -0.25) is 4.79 Å². The second-order valence-electron chi connectivity index (χ2n) is 5.96. The van der Waals surface area contributed by atoms with Crippen molar-refractivity contribution in [3.8, 4) is 0 Å². The van der Waals surface area contributed by atoms with Crippen LogP contribution in [-0.2, 0) is 14.9 Å².